The van der Waals surface area contributed by atoms with Crippen LogP contribution < -0.4 is 4.74 Å². The van der Waals surface area contributed by atoms with Gasteiger partial charge in [0.25, 0.3) is 0 Å². The lowest BCUT2D eigenvalue weighted by Crippen LogP contribution is -2.32. The Labute approximate surface area is 148 Å². The van der Waals surface area contributed by atoms with Gasteiger partial charge in [0.05, 0.1) is 19.2 Å². The van der Waals surface area contributed by atoms with Gasteiger partial charge < -0.3 is 14.1 Å². The SMILES string of the molecule is Cc1ccc(OCCN(C)C(=O)Cc2coc3cc(C)ccc23)cc1. The van der Waals surface area contributed by atoms with E-state index in [-0.39, 0.29) is 5.91 Å². The number of furan rings is 1. The molecule has 2 aromatic carbocycles. The Morgan fingerprint density at radius 2 is 1.80 bits per heavy atom. The third-order valence-electron chi connectivity index (χ3n) is 4.30. The van der Waals surface area contributed by atoms with Crippen LogP contribution in [0.4, 0.5) is 0 Å². The van der Waals surface area contributed by atoms with Gasteiger partial charge in [-0.2, -0.15) is 0 Å². The van der Waals surface area contributed by atoms with Gasteiger partial charge in [-0.25, -0.2) is 0 Å². The number of amides is 1. The minimum absolute atomic E-state index is 0.0516. The van der Waals surface area contributed by atoms with E-state index in [1.54, 1.807) is 18.2 Å². The Morgan fingerprint density at radius 3 is 2.56 bits per heavy atom. The van der Waals surface area contributed by atoms with Crippen LogP contribution >= 0.6 is 0 Å². The molecule has 0 aliphatic carbocycles. The largest absolute Gasteiger partial charge is 0.492 e. The van der Waals surface area contributed by atoms with Crippen molar-refractivity contribution < 1.29 is 13.9 Å². The van der Waals surface area contributed by atoms with E-state index in [4.69, 9.17) is 9.15 Å². The number of carbonyl (C=O) groups excluding carboxylic acids is 1. The van der Waals surface area contributed by atoms with Crippen LogP contribution in [0.2, 0.25) is 0 Å². The molecular formula is C21H23NO3. The second-order valence-corrected chi connectivity index (χ2v) is 6.41. The smallest absolute Gasteiger partial charge is 0.226 e. The van der Waals surface area contributed by atoms with Gasteiger partial charge in [-0.1, -0.05) is 29.8 Å². The minimum atomic E-state index is 0.0516. The number of fused-ring (bicyclic) bond motifs is 1. The molecule has 0 fully saturated rings. The van der Waals surface area contributed by atoms with Crippen molar-refractivity contribution in [2.45, 2.75) is 20.3 Å². The van der Waals surface area contributed by atoms with Crippen LogP contribution in [0.5, 0.6) is 5.75 Å². The molecule has 25 heavy (non-hydrogen) atoms. The first-order valence-corrected chi connectivity index (χ1v) is 8.43. The third-order valence-corrected chi connectivity index (χ3v) is 4.30. The number of likely N-dealkylation sites (N-methyl/N-ethyl adjacent to an activating group) is 1. The van der Waals surface area contributed by atoms with Crippen molar-refractivity contribution in [2.24, 2.45) is 0 Å². The monoisotopic (exact) mass is 337 g/mol. The lowest BCUT2D eigenvalue weighted by atomic mass is 10.1. The molecule has 0 saturated heterocycles. The molecule has 4 nitrogen and oxygen atoms in total. The molecular weight excluding hydrogens is 314 g/mol. The zero-order chi connectivity index (χ0) is 17.8. The van der Waals surface area contributed by atoms with Crippen molar-refractivity contribution >= 4 is 16.9 Å². The van der Waals surface area contributed by atoms with Gasteiger partial charge in [0.15, 0.2) is 0 Å². The number of ether oxygens (including phenoxy) is 1. The fourth-order valence-electron chi connectivity index (χ4n) is 2.68. The molecule has 0 aliphatic heterocycles. The summed E-state index contributed by atoms with van der Waals surface area (Å²) in [7, 11) is 1.80. The van der Waals surface area contributed by atoms with Crippen LogP contribution in [-0.4, -0.2) is 31.0 Å². The molecule has 130 valence electrons. The van der Waals surface area contributed by atoms with E-state index in [9.17, 15) is 4.79 Å². The van der Waals surface area contributed by atoms with Crippen molar-refractivity contribution in [2.75, 3.05) is 20.2 Å². The Morgan fingerprint density at radius 1 is 1.08 bits per heavy atom. The highest BCUT2D eigenvalue weighted by molar-refractivity contribution is 5.87. The maximum Gasteiger partial charge on any atom is 0.226 e. The van der Waals surface area contributed by atoms with Crippen molar-refractivity contribution in [1.82, 2.24) is 4.90 Å². The number of hydrogen-bond acceptors (Lipinski definition) is 3. The Bertz CT molecular complexity index is 864. The lowest BCUT2D eigenvalue weighted by Gasteiger charge is -2.17. The number of nitrogens with zero attached hydrogens (tertiary/aromatic N) is 1. The molecule has 1 amide bonds. The fraction of sp³-hybridized carbons (Fsp3) is 0.286. The molecule has 3 rings (SSSR count). The van der Waals surface area contributed by atoms with Crippen molar-refractivity contribution in [3.63, 3.8) is 0 Å². The minimum Gasteiger partial charge on any atom is -0.492 e. The highest BCUT2D eigenvalue weighted by Crippen LogP contribution is 2.23. The number of carbonyl (C=O) groups is 1. The number of aryl methyl sites for hydroxylation is 2. The predicted octanol–water partition coefficient (Wildman–Crippen LogP) is 4.13. The summed E-state index contributed by atoms with van der Waals surface area (Å²) >= 11 is 0. The van der Waals surface area contributed by atoms with Crippen LogP contribution in [0.25, 0.3) is 11.0 Å². The van der Waals surface area contributed by atoms with Gasteiger partial charge in [0, 0.05) is 18.0 Å². The van der Waals surface area contributed by atoms with Crippen molar-refractivity contribution in [3.05, 3.63) is 65.4 Å². The van der Waals surface area contributed by atoms with Gasteiger partial charge in [-0.05, 0) is 37.6 Å². The van der Waals surface area contributed by atoms with E-state index in [2.05, 4.69) is 0 Å². The normalized spacial score (nSPS) is 10.8. The average Bonchev–Trinajstić information content (AvgIpc) is 2.98. The maximum atomic E-state index is 12.4. The van der Waals surface area contributed by atoms with E-state index in [0.717, 1.165) is 27.8 Å². The molecule has 0 unspecified atom stereocenters. The Hall–Kier alpha value is -2.75. The van der Waals surface area contributed by atoms with Crippen LogP contribution in [0.3, 0.4) is 0 Å². The van der Waals surface area contributed by atoms with E-state index in [1.807, 2.05) is 56.3 Å². The summed E-state index contributed by atoms with van der Waals surface area (Å²) < 4.78 is 11.3. The quantitative estimate of drug-likeness (QED) is 0.679. The molecule has 0 N–H and O–H groups in total. The van der Waals surface area contributed by atoms with Crippen LogP contribution in [0, 0.1) is 13.8 Å². The summed E-state index contributed by atoms with van der Waals surface area (Å²) in [5.41, 5.74) is 4.09. The Balaban J connectivity index is 1.54. The summed E-state index contributed by atoms with van der Waals surface area (Å²) in [4.78, 5) is 14.1. The average molecular weight is 337 g/mol. The first-order chi connectivity index (χ1) is 12.0. The van der Waals surface area contributed by atoms with Gasteiger partial charge in [0.1, 0.15) is 17.9 Å². The summed E-state index contributed by atoms with van der Waals surface area (Å²) in [6.07, 6.45) is 2.01. The van der Waals surface area contributed by atoms with Gasteiger partial charge in [-0.15, -0.1) is 0 Å². The topological polar surface area (TPSA) is 42.7 Å². The first-order valence-electron chi connectivity index (χ1n) is 8.43. The lowest BCUT2D eigenvalue weighted by molar-refractivity contribution is -0.129. The van der Waals surface area contributed by atoms with E-state index >= 15 is 0 Å². The number of hydrogen-bond donors (Lipinski definition) is 0. The van der Waals surface area contributed by atoms with Gasteiger partial charge >= 0.3 is 0 Å². The molecule has 0 radical (unpaired) electrons. The second kappa shape index (κ2) is 7.43. The summed E-state index contributed by atoms with van der Waals surface area (Å²) in [6.45, 7) is 5.07. The summed E-state index contributed by atoms with van der Waals surface area (Å²) in [6, 6.07) is 13.9. The Kier molecular flexibility index (Phi) is 5.08. The number of benzene rings is 2. The van der Waals surface area contributed by atoms with Crippen molar-refractivity contribution in [3.8, 4) is 5.75 Å². The van der Waals surface area contributed by atoms with Gasteiger partial charge in [-0.3, -0.25) is 4.79 Å². The molecule has 1 heterocycles. The van der Waals surface area contributed by atoms with Crippen LogP contribution in [0.1, 0.15) is 16.7 Å². The highest BCUT2D eigenvalue weighted by Gasteiger charge is 2.14. The molecule has 4 heteroatoms. The zero-order valence-corrected chi connectivity index (χ0v) is 14.9. The second-order valence-electron chi connectivity index (χ2n) is 6.41. The van der Waals surface area contributed by atoms with E-state index in [0.29, 0.717) is 19.6 Å². The molecule has 0 atom stereocenters. The summed E-state index contributed by atoms with van der Waals surface area (Å²) in [5.74, 6) is 0.874. The molecule has 1 aromatic heterocycles. The molecule has 0 spiro atoms. The fourth-order valence-corrected chi connectivity index (χ4v) is 2.68. The maximum absolute atomic E-state index is 12.4. The molecule has 3 aromatic rings. The standard InChI is InChI=1S/C21H23NO3/c1-15-4-7-18(8-5-15)24-11-10-22(3)21(23)13-17-14-25-20-12-16(2)6-9-19(17)20/h4-9,12,14H,10-11,13H2,1-3H3. The predicted molar refractivity (Wildman–Crippen MR) is 99.0 cm³/mol. The molecule has 0 saturated carbocycles. The zero-order valence-electron chi connectivity index (χ0n) is 14.9. The number of rotatable bonds is 6. The van der Waals surface area contributed by atoms with Gasteiger partial charge in [0.2, 0.25) is 5.91 Å². The third kappa shape index (κ3) is 4.21. The van der Waals surface area contributed by atoms with Crippen molar-refractivity contribution in [1.29, 1.82) is 0 Å². The first kappa shape index (κ1) is 17.1. The van der Waals surface area contributed by atoms with E-state index in [1.165, 1.54) is 5.56 Å². The molecule has 0 bridgehead atoms. The van der Waals surface area contributed by atoms with E-state index < -0.39 is 0 Å². The summed E-state index contributed by atoms with van der Waals surface area (Å²) in [5, 5.41) is 1.00. The highest BCUT2D eigenvalue weighted by atomic mass is 16.5. The van der Waals surface area contributed by atoms with Crippen LogP contribution in [0.15, 0.2) is 53.1 Å². The van der Waals surface area contributed by atoms with Crippen LogP contribution in [-0.2, 0) is 11.2 Å². The molecule has 0 aliphatic rings.